The molecule has 0 aliphatic carbocycles. The van der Waals surface area contributed by atoms with E-state index >= 15 is 0 Å². The summed E-state index contributed by atoms with van der Waals surface area (Å²) in [6.45, 7) is 3.95. The van der Waals surface area contributed by atoms with Crippen LogP contribution in [0.4, 0.5) is 4.39 Å². The lowest BCUT2D eigenvalue weighted by atomic mass is 10.0. The van der Waals surface area contributed by atoms with Gasteiger partial charge in [-0.25, -0.2) is 14.4 Å². The highest BCUT2D eigenvalue weighted by Crippen LogP contribution is 2.27. The van der Waals surface area contributed by atoms with E-state index in [9.17, 15) is 4.39 Å². The molecule has 0 amide bonds. The van der Waals surface area contributed by atoms with Gasteiger partial charge in [-0.1, -0.05) is 13.0 Å². The molecule has 1 atom stereocenters. The van der Waals surface area contributed by atoms with E-state index in [4.69, 9.17) is 5.73 Å². The zero-order valence-electron chi connectivity index (χ0n) is 11.6. The first-order valence-corrected chi connectivity index (χ1v) is 7.40. The van der Waals surface area contributed by atoms with Crippen molar-refractivity contribution in [3.8, 4) is 0 Å². The number of halogens is 1. The van der Waals surface area contributed by atoms with Crippen LogP contribution in [0.2, 0.25) is 0 Å². The van der Waals surface area contributed by atoms with Gasteiger partial charge >= 0.3 is 0 Å². The third kappa shape index (κ3) is 4.02. The van der Waals surface area contributed by atoms with E-state index < -0.39 is 0 Å². The highest BCUT2D eigenvalue weighted by atomic mass is 32.2. The van der Waals surface area contributed by atoms with Gasteiger partial charge in [0, 0.05) is 18.4 Å². The van der Waals surface area contributed by atoms with Crippen molar-refractivity contribution < 1.29 is 4.39 Å². The molecule has 0 fully saturated rings. The molecule has 0 saturated heterocycles. The molecular formula is C15H18FN3S. The van der Waals surface area contributed by atoms with E-state index in [0.29, 0.717) is 16.5 Å². The minimum absolute atomic E-state index is 0.0772. The van der Waals surface area contributed by atoms with Crippen molar-refractivity contribution in [2.24, 2.45) is 5.73 Å². The molecule has 2 aromatic rings. The third-order valence-corrected chi connectivity index (χ3v) is 3.92. The van der Waals surface area contributed by atoms with Crippen molar-refractivity contribution in [3.05, 3.63) is 47.5 Å². The van der Waals surface area contributed by atoms with Gasteiger partial charge in [0.15, 0.2) is 5.16 Å². The number of rotatable bonds is 5. The quantitative estimate of drug-likeness (QED) is 0.858. The summed E-state index contributed by atoms with van der Waals surface area (Å²) in [7, 11) is 0. The minimum Gasteiger partial charge on any atom is -0.327 e. The molecule has 1 heterocycles. The Morgan fingerprint density at radius 2 is 2.00 bits per heavy atom. The number of nitrogens with two attached hydrogens (primary N) is 1. The second-order valence-corrected chi connectivity index (χ2v) is 5.79. The predicted molar refractivity (Wildman–Crippen MR) is 79.3 cm³/mol. The van der Waals surface area contributed by atoms with Gasteiger partial charge in [0.25, 0.3) is 0 Å². The van der Waals surface area contributed by atoms with Gasteiger partial charge in [-0.05, 0) is 54.8 Å². The largest absolute Gasteiger partial charge is 0.327 e. The van der Waals surface area contributed by atoms with Gasteiger partial charge in [-0.2, -0.15) is 0 Å². The Hall–Kier alpha value is -1.46. The van der Waals surface area contributed by atoms with Crippen LogP contribution in [0.15, 0.2) is 40.6 Å². The summed E-state index contributed by atoms with van der Waals surface area (Å²) in [5.74, 6) is -0.250. The molecule has 1 aromatic carbocycles. The average molecular weight is 291 g/mol. The Labute approximate surface area is 122 Å². The second kappa shape index (κ2) is 6.81. The first kappa shape index (κ1) is 14.9. The summed E-state index contributed by atoms with van der Waals surface area (Å²) >= 11 is 1.23. The van der Waals surface area contributed by atoms with Crippen LogP contribution in [0.3, 0.4) is 0 Å². The van der Waals surface area contributed by atoms with Gasteiger partial charge in [-0.3, -0.25) is 0 Å². The molecular weight excluding hydrogens is 273 g/mol. The highest BCUT2D eigenvalue weighted by molar-refractivity contribution is 7.99. The summed E-state index contributed by atoms with van der Waals surface area (Å²) in [4.78, 5) is 8.86. The maximum atomic E-state index is 14.1. The molecule has 1 aromatic heterocycles. The van der Waals surface area contributed by atoms with Crippen molar-refractivity contribution in [2.75, 3.05) is 0 Å². The lowest BCUT2D eigenvalue weighted by molar-refractivity contribution is 0.592. The molecule has 2 N–H and O–H groups in total. The number of benzene rings is 1. The lowest BCUT2D eigenvalue weighted by Crippen LogP contribution is -2.21. The van der Waals surface area contributed by atoms with Crippen LogP contribution >= 0.6 is 11.8 Å². The lowest BCUT2D eigenvalue weighted by Gasteiger charge is -2.09. The van der Waals surface area contributed by atoms with Crippen LogP contribution in [-0.2, 0) is 6.42 Å². The molecule has 0 bridgehead atoms. The smallest absolute Gasteiger partial charge is 0.192 e. The van der Waals surface area contributed by atoms with Crippen LogP contribution in [-0.4, -0.2) is 16.0 Å². The Morgan fingerprint density at radius 3 is 2.60 bits per heavy atom. The monoisotopic (exact) mass is 291 g/mol. The van der Waals surface area contributed by atoms with E-state index in [0.717, 1.165) is 17.5 Å². The minimum atomic E-state index is -0.250. The molecule has 106 valence electrons. The van der Waals surface area contributed by atoms with Crippen LogP contribution in [0.25, 0.3) is 0 Å². The van der Waals surface area contributed by atoms with E-state index in [1.54, 1.807) is 24.5 Å². The standard InChI is InChI=1S/C15H18FN3S/c1-3-12(17)6-11-4-5-14(13(16)7-11)20-15-18-8-10(2)9-19-15/h4-5,7-9,12H,3,6,17H2,1-2H3. The number of hydrogen-bond donors (Lipinski definition) is 1. The topological polar surface area (TPSA) is 51.8 Å². The zero-order chi connectivity index (χ0) is 14.5. The molecule has 0 spiro atoms. The van der Waals surface area contributed by atoms with Crippen LogP contribution < -0.4 is 5.73 Å². The molecule has 5 heteroatoms. The summed E-state index contributed by atoms with van der Waals surface area (Å²) in [6, 6.07) is 5.30. The fraction of sp³-hybridized carbons (Fsp3) is 0.333. The maximum Gasteiger partial charge on any atom is 0.192 e. The highest BCUT2D eigenvalue weighted by Gasteiger charge is 2.09. The van der Waals surface area contributed by atoms with Crippen molar-refractivity contribution in [1.82, 2.24) is 9.97 Å². The first-order valence-electron chi connectivity index (χ1n) is 6.59. The van der Waals surface area contributed by atoms with Crippen molar-refractivity contribution in [2.45, 2.75) is 42.8 Å². The number of aromatic nitrogens is 2. The molecule has 1 unspecified atom stereocenters. The van der Waals surface area contributed by atoms with Crippen molar-refractivity contribution in [1.29, 1.82) is 0 Å². The Kier molecular flexibility index (Phi) is 5.09. The van der Waals surface area contributed by atoms with E-state index in [-0.39, 0.29) is 11.9 Å². The number of aryl methyl sites for hydroxylation is 1. The fourth-order valence-electron chi connectivity index (χ4n) is 1.73. The zero-order valence-corrected chi connectivity index (χ0v) is 12.5. The second-order valence-electron chi connectivity index (χ2n) is 4.78. The van der Waals surface area contributed by atoms with Crippen LogP contribution in [0.1, 0.15) is 24.5 Å². The Balaban J connectivity index is 2.11. The summed E-state index contributed by atoms with van der Waals surface area (Å²) in [5, 5.41) is 0.549. The summed E-state index contributed by atoms with van der Waals surface area (Å²) in [5.41, 5.74) is 7.79. The first-order chi connectivity index (χ1) is 9.58. The number of nitrogens with zero attached hydrogens (tertiary/aromatic N) is 2. The molecule has 0 aliphatic heterocycles. The average Bonchev–Trinajstić information content (AvgIpc) is 2.44. The normalized spacial score (nSPS) is 12.4. The molecule has 3 nitrogen and oxygen atoms in total. The Bertz CT molecular complexity index is 572. The summed E-state index contributed by atoms with van der Waals surface area (Å²) in [6.07, 6.45) is 5.03. The van der Waals surface area contributed by atoms with Gasteiger partial charge in [-0.15, -0.1) is 0 Å². The van der Waals surface area contributed by atoms with Gasteiger partial charge in [0.05, 0.1) is 4.90 Å². The molecule has 0 saturated carbocycles. The molecule has 0 radical (unpaired) electrons. The molecule has 20 heavy (non-hydrogen) atoms. The van der Waals surface area contributed by atoms with Gasteiger partial charge in [0.2, 0.25) is 0 Å². The van der Waals surface area contributed by atoms with Crippen LogP contribution in [0.5, 0.6) is 0 Å². The molecule has 2 rings (SSSR count). The van der Waals surface area contributed by atoms with Crippen molar-refractivity contribution >= 4 is 11.8 Å². The van der Waals surface area contributed by atoms with Gasteiger partial charge in [0.1, 0.15) is 5.82 Å². The van der Waals surface area contributed by atoms with Crippen molar-refractivity contribution in [3.63, 3.8) is 0 Å². The summed E-state index contributed by atoms with van der Waals surface area (Å²) < 4.78 is 14.1. The SMILES string of the molecule is CCC(N)Cc1ccc(Sc2ncc(C)cn2)c(F)c1. The van der Waals surface area contributed by atoms with Crippen LogP contribution in [0, 0.1) is 12.7 Å². The third-order valence-electron chi connectivity index (χ3n) is 2.98. The van der Waals surface area contributed by atoms with Gasteiger partial charge < -0.3 is 5.73 Å². The predicted octanol–water partition coefficient (Wildman–Crippen LogP) is 3.36. The van der Waals surface area contributed by atoms with E-state index in [1.165, 1.54) is 11.8 Å². The Morgan fingerprint density at radius 1 is 1.30 bits per heavy atom. The number of hydrogen-bond acceptors (Lipinski definition) is 4. The van der Waals surface area contributed by atoms with E-state index in [1.807, 2.05) is 19.9 Å². The van der Waals surface area contributed by atoms with E-state index in [2.05, 4.69) is 9.97 Å². The fourth-order valence-corrected chi connectivity index (χ4v) is 2.43. The molecule has 0 aliphatic rings. The maximum absolute atomic E-state index is 14.1.